The molecule has 1 aliphatic rings. The van der Waals surface area contributed by atoms with Gasteiger partial charge in [-0.05, 0) is 67.3 Å². The van der Waals surface area contributed by atoms with Gasteiger partial charge in [0.2, 0.25) is 0 Å². The predicted molar refractivity (Wildman–Crippen MR) is 213 cm³/mol. The molecule has 0 aliphatic heterocycles. The molecule has 1 heteroatoms. The standard InChI is InChI=1S/C49H34S/c1-3-16-34(17-4-1)43(32-35-20-13-19-33-18-7-8-23-37(33)35)42-27-14-26-40-41-28-15-31-46(48(41)50-47(40)42)49(36-21-5-2-6-22-36)44-29-11-9-24-38(44)39-25-10-12-30-45(39)49/h1-31,43H,32H2. The van der Waals surface area contributed by atoms with Crippen LogP contribution in [-0.4, -0.2) is 0 Å². The molecule has 9 aromatic rings. The average Bonchev–Trinajstić information content (AvgIpc) is 3.72. The van der Waals surface area contributed by atoms with Gasteiger partial charge in [-0.3, -0.25) is 0 Å². The lowest BCUT2D eigenvalue weighted by Gasteiger charge is -2.34. The van der Waals surface area contributed by atoms with E-state index in [1.54, 1.807) is 0 Å². The Morgan fingerprint density at radius 2 is 0.960 bits per heavy atom. The fourth-order valence-electron chi connectivity index (χ4n) is 8.87. The second-order valence-electron chi connectivity index (χ2n) is 13.5. The summed E-state index contributed by atoms with van der Waals surface area (Å²) in [5, 5.41) is 5.31. The predicted octanol–water partition coefficient (Wildman–Crippen LogP) is 12.9. The summed E-state index contributed by atoms with van der Waals surface area (Å²) in [6.07, 6.45) is 0.931. The van der Waals surface area contributed by atoms with E-state index < -0.39 is 5.41 Å². The van der Waals surface area contributed by atoms with Crippen molar-refractivity contribution in [2.75, 3.05) is 0 Å². The van der Waals surface area contributed by atoms with Crippen LogP contribution in [0.3, 0.4) is 0 Å². The maximum Gasteiger partial charge on any atom is 0.0727 e. The first-order valence-electron chi connectivity index (χ1n) is 17.5. The van der Waals surface area contributed by atoms with Crippen molar-refractivity contribution in [2.45, 2.75) is 17.8 Å². The lowest BCUT2D eigenvalue weighted by molar-refractivity contribution is 0.778. The Balaban J connectivity index is 1.25. The van der Waals surface area contributed by atoms with Gasteiger partial charge in [-0.2, -0.15) is 0 Å². The maximum atomic E-state index is 2.40. The minimum atomic E-state index is -0.434. The second-order valence-corrected chi connectivity index (χ2v) is 14.5. The number of hydrogen-bond acceptors (Lipinski definition) is 1. The Kier molecular flexibility index (Phi) is 6.82. The van der Waals surface area contributed by atoms with Crippen LogP contribution in [0.15, 0.2) is 188 Å². The van der Waals surface area contributed by atoms with Crippen molar-refractivity contribution in [3.63, 3.8) is 0 Å². The van der Waals surface area contributed by atoms with Crippen LogP contribution in [0.25, 0.3) is 42.1 Å². The molecule has 1 atom stereocenters. The minimum Gasteiger partial charge on any atom is -0.135 e. The normalized spacial score (nSPS) is 13.8. The first-order chi connectivity index (χ1) is 24.8. The zero-order chi connectivity index (χ0) is 33.1. The summed E-state index contributed by atoms with van der Waals surface area (Å²) in [6, 6.07) is 70.0. The molecule has 0 spiro atoms. The Labute approximate surface area is 296 Å². The molecule has 236 valence electrons. The van der Waals surface area contributed by atoms with E-state index in [4.69, 9.17) is 0 Å². The third-order valence-corrected chi connectivity index (χ3v) is 12.3. The summed E-state index contributed by atoms with van der Waals surface area (Å²) in [4.78, 5) is 0. The Morgan fingerprint density at radius 1 is 0.420 bits per heavy atom. The third-order valence-electron chi connectivity index (χ3n) is 11.0. The fraction of sp³-hybridized carbons (Fsp3) is 0.0612. The van der Waals surface area contributed by atoms with Crippen molar-refractivity contribution in [1.82, 2.24) is 0 Å². The van der Waals surface area contributed by atoms with Crippen LogP contribution in [0.1, 0.15) is 44.9 Å². The summed E-state index contributed by atoms with van der Waals surface area (Å²) >= 11 is 1.98. The van der Waals surface area contributed by atoms with Gasteiger partial charge in [-0.1, -0.05) is 188 Å². The van der Waals surface area contributed by atoms with Gasteiger partial charge in [-0.15, -0.1) is 11.3 Å². The molecule has 0 fully saturated rings. The number of fused-ring (bicyclic) bond motifs is 7. The van der Waals surface area contributed by atoms with E-state index in [-0.39, 0.29) is 5.92 Å². The van der Waals surface area contributed by atoms with Crippen LogP contribution in [0.2, 0.25) is 0 Å². The van der Waals surface area contributed by atoms with Crippen molar-refractivity contribution >= 4 is 42.3 Å². The molecule has 0 radical (unpaired) electrons. The van der Waals surface area contributed by atoms with Gasteiger partial charge in [0.25, 0.3) is 0 Å². The van der Waals surface area contributed by atoms with Crippen molar-refractivity contribution in [1.29, 1.82) is 0 Å². The number of rotatable bonds is 6. The highest BCUT2D eigenvalue weighted by molar-refractivity contribution is 7.26. The summed E-state index contributed by atoms with van der Waals surface area (Å²) < 4.78 is 2.74. The first-order valence-corrected chi connectivity index (χ1v) is 18.3. The van der Waals surface area contributed by atoms with E-state index in [0.717, 1.165) is 6.42 Å². The highest BCUT2D eigenvalue weighted by Gasteiger charge is 2.47. The van der Waals surface area contributed by atoms with Crippen molar-refractivity contribution in [3.8, 4) is 11.1 Å². The molecule has 0 amide bonds. The molecule has 50 heavy (non-hydrogen) atoms. The van der Waals surface area contributed by atoms with Gasteiger partial charge in [-0.25, -0.2) is 0 Å². The average molecular weight is 655 g/mol. The molecule has 1 aromatic heterocycles. The molecule has 8 aromatic carbocycles. The van der Waals surface area contributed by atoms with Gasteiger partial charge in [0.05, 0.1) is 5.41 Å². The topological polar surface area (TPSA) is 0 Å². The van der Waals surface area contributed by atoms with Crippen molar-refractivity contribution in [3.05, 3.63) is 227 Å². The van der Waals surface area contributed by atoms with Crippen molar-refractivity contribution in [2.24, 2.45) is 0 Å². The van der Waals surface area contributed by atoms with E-state index in [1.807, 2.05) is 11.3 Å². The van der Waals surface area contributed by atoms with Gasteiger partial charge in [0.15, 0.2) is 0 Å². The third kappa shape index (κ3) is 4.30. The maximum absolute atomic E-state index is 2.40. The van der Waals surface area contributed by atoms with Crippen molar-refractivity contribution < 1.29 is 0 Å². The zero-order valence-corrected chi connectivity index (χ0v) is 28.4. The van der Waals surface area contributed by atoms with Crippen LogP contribution in [0, 0.1) is 0 Å². The highest BCUT2D eigenvalue weighted by Crippen LogP contribution is 2.58. The van der Waals surface area contributed by atoms with Crippen LogP contribution >= 0.6 is 11.3 Å². The van der Waals surface area contributed by atoms with Gasteiger partial charge >= 0.3 is 0 Å². The molecule has 0 saturated heterocycles. The number of hydrogen-bond donors (Lipinski definition) is 0. The summed E-state index contributed by atoms with van der Waals surface area (Å²) in [5.41, 5.74) is 11.7. The van der Waals surface area contributed by atoms with E-state index >= 15 is 0 Å². The number of benzene rings is 8. The quantitative estimate of drug-likeness (QED) is 0.167. The second kappa shape index (κ2) is 11.7. The fourth-order valence-corrected chi connectivity index (χ4v) is 10.3. The molecule has 10 rings (SSSR count). The Bertz CT molecular complexity index is 2630. The lowest BCUT2D eigenvalue weighted by atomic mass is 9.67. The lowest BCUT2D eigenvalue weighted by Crippen LogP contribution is -2.28. The Hall–Kier alpha value is -5.76. The molecule has 1 unspecified atom stereocenters. The molecule has 1 aliphatic carbocycles. The summed E-state index contributed by atoms with van der Waals surface area (Å²) in [5.74, 6) is 0.207. The zero-order valence-electron chi connectivity index (χ0n) is 27.6. The SMILES string of the molecule is c1ccc(C(Cc2cccc3ccccc23)c2cccc3c2sc2c(C4(c5ccccc5)c5ccccc5-c5ccccc54)cccc23)cc1. The van der Waals surface area contributed by atoms with E-state index in [9.17, 15) is 0 Å². The summed E-state index contributed by atoms with van der Waals surface area (Å²) in [6.45, 7) is 0. The number of thiophene rings is 1. The first kappa shape index (κ1) is 29.2. The molecule has 0 bridgehead atoms. The summed E-state index contributed by atoms with van der Waals surface area (Å²) in [7, 11) is 0. The largest absolute Gasteiger partial charge is 0.135 e. The van der Waals surface area contributed by atoms with Crippen LogP contribution in [0.4, 0.5) is 0 Å². The molecular weight excluding hydrogens is 621 g/mol. The molecule has 0 N–H and O–H groups in total. The van der Waals surface area contributed by atoms with Gasteiger partial charge < -0.3 is 0 Å². The minimum absolute atomic E-state index is 0.207. The highest BCUT2D eigenvalue weighted by atomic mass is 32.1. The molecular formula is C49H34S. The van der Waals surface area contributed by atoms with Gasteiger partial charge in [0.1, 0.15) is 0 Å². The molecule has 0 nitrogen and oxygen atoms in total. The van der Waals surface area contributed by atoms with Crippen LogP contribution in [-0.2, 0) is 11.8 Å². The van der Waals surface area contributed by atoms with E-state index in [0.29, 0.717) is 0 Å². The van der Waals surface area contributed by atoms with E-state index in [1.165, 1.54) is 81.0 Å². The smallest absolute Gasteiger partial charge is 0.0727 e. The van der Waals surface area contributed by atoms with Crippen LogP contribution in [0.5, 0.6) is 0 Å². The van der Waals surface area contributed by atoms with E-state index in [2.05, 4.69) is 188 Å². The van der Waals surface area contributed by atoms with Gasteiger partial charge in [0, 0.05) is 26.1 Å². The van der Waals surface area contributed by atoms with Crippen LogP contribution < -0.4 is 0 Å². The molecule has 0 saturated carbocycles. The molecule has 1 heterocycles. The monoisotopic (exact) mass is 654 g/mol. The Morgan fingerprint density at radius 3 is 1.72 bits per heavy atom.